The molecule has 1 aliphatic rings. The first-order valence-electron chi connectivity index (χ1n) is 5.51. The van der Waals surface area contributed by atoms with Crippen molar-refractivity contribution in [3.8, 4) is 6.07 Å². The number of fused-ring (bicyclic) bond motifs is 1. The molecule has 0 fully saturated rings. The second-order valence-corrected chi connectivity index (χ2v) is 3.88. The lowest BCUT2D eigenvalue weighted by atomic mass is 10.1. The maximum Gasteiger partial charge on any atom is 0.144 e. The zero-order valence-corrected chi connectivity index (χ0v) is 9.42. The van der Waals surface area contributed by atoms with Crippen LogP contribution in [0.15, 0.2) is 6.07 Å². The fourth-order valence-electron chi connectivity index (χ4n) is 1.96. The van der Waals surface area contributed by atoms with E-state index in [4.69, 9.17) is 10.00 Å². The van der Waals surface area contributed by atoms with Crippen LogP contribution in [0.4, 0.5) is 5.82 Å². The lowest BCUT2D eigenvalue weighted by Gasteiger charge is -2.08. The molecule has 1 N–H and O–H groups in total. The van der Waals surface area contributed by atoms with E-state index in [1.807, 2.05) is 6.07 Å². The molecule has 0 amide bonds. The summed E-state index contributed by atoms with van der Waals surface area (Å²) >= 11 is 0. The van der Waals surface area contributed by atoms with Gasteiger partial charge in [0, 0.05) is 19.3 Å². The Morgan fingerprint density at radius 3 is 3.19 bits per heavy atom. The van der Waals surface area contributed by atoms with E-state index in [1.165, 1.54) is 5.56 Å². The van der Waals surface area contributed by atoms with Crippen LogP contribution >= 0.6 is 0 Å². The molecule has 0 aromatic carbocycles. The average molecular weight is 217 g/mol. The molecular formula is C12H15N3O. The number of hydrogen-bond donors (Lipinski definition) is 1. The van der Waals surface area contributed by atoms with Gasteiger partial charge in [0.1, 0.15) is 11.9 Å². The molecule has 0 radical (unpaired) electrons. The molecule has 0 aliphatic heterocycles. The highest BCUT2D eigenvalue weighted by Crippen LogP contribution is 2.24. The molecule has 4 heteroatoms. The summed E-state index contributed by atoms with van der Waals surface area (Å²) in [6.07, 6.45) is 3.23. The van der Waals surface area contributed by atoms with Crippen LogP contribution in [0.1, 0.15) is 23.2 Å². The Labute approximate surface area is 95.3 Å². The van der Waals surface area contributed by atoms with Crippen molar-refractivity contribution in [1.29, 1.82) is 5.26 Å². The maximum absolute atomic E-state index is 9.04. The van der Waals surface area contributed by atoms with E-state index in [9.17, 15) is 0 Å². The third-order valence-corrected chi connectivity index (χ3v) is 2.77. The van der Waals surface area contributed by atoms with E-state index in [0.717, 1.165) is 25.0 Å². The first-order valence-corrected chi connectivity index (χ1v) is 5.51. The van der Waals surface area contributed by atoms with Gasteiger partial charge in [-0.3, -0.25) is 0 Å². The van der Waals surface area contributed by atoms with Crippen molar-refractivity contribution in [2.75, 3.05) is 25.6 Å². The lowest BCUT2D eigenvalue weighted by molar-refractivity contribution is 0.210. The standard InChI is InChI=1S/C12H15N3O/c1-16-6-5-14-12-10(8-13)7-9-3-2-4-11(9)15-12/h7H,2-6H2,1H3,(H,14,15). The molecule has 16 heavy (non-hydrogen) atoms. The number of aromatic nitrogens is 1. The van der Waals surface area contributed by atoms with E-state index in [1.54, 1.807) is 7.11 Å². The molecule has 0 unspecified atom stereocenters. The SMILES string of the molecule is COCCNc1nc2c(cc1C#N)CCC2. The molecule has 1 heterocycles. The van der Waals surface area contributed by atoms with Gasteiger partial charge in [-0.05, 0) is 30.9 Å². The van der Waals surface area contributed by atoms with Crippen LogP contribution in [0, 0.1) is 11.3 Å². The van der Waals surface area contributed by atoms with Gasteiger partial charge < -0.3 is 10.1 Å². The summed E-state index contributed by atoms with van der Waals surface area (Å²) in [5, 5.41) is 12.2. The third kappa shape index (κ3) is 2.15. The fraction of sp³-hybridized carbons (Fsp3) is 0.500. The summed E-state index contributed by atoms with van der Waals surface area (Å²) in [6.45, 7) is 1.29. The minimum atomic E-state index is 0.615. The molecule has 0 saturated heterocycles. The number of nitrogens with zero attached hydrogens (tertiary/aromatic N) is 2. The van der Waals surface area contributed by atoms with Crippen LogP contribution < -0.4 is 5.32 Å². The number of ether oxygens (including phenoxy) is 1. The Hall–Kier alpha value is -1.60. The molecular weight excluding hydrogens is 202 g/mol. The number of hydrogen-bond acceptors (Lipinski definition) is 4. The fourth-order valence-corrected chi connectivity index (χ4v) is 1.96. The van der Waals surface area contributed by atoms with Crippen LogP contribution in [0.5, 0.6) is 0 Å². The summed E-state index contributed by atoms with van der Waals surface area (Å²) in [5.41, 5.74) is 3.00. The van der Waals surface area contributed by atoms with E-state index in [2.05, 4.69) is 16.4 Å². The highest BCUT2D eigenvalue weighted by atomic mass is 16.5. The van der Waals surface area contributed by atoms with Crippen molar-refractivity contribution >= 4 is 5.82 Å². The van der Waals surface area contributed by atoms with Gasteiger partial charge in [-0.1, -0.05) is 0 Å². The van der Waals surface area contributed by atoms with Crippen LogP contribution in [-0.2, 0) is 17.6 Å². The summed E-state index contributed by atoms with van der Waals surface area (Å²) in [7, 11) is 1.66. The topological polar surface area (TPSA) is 57.9 Å². The smallest absolute Gasteiger partial charge is 0.144 e. The number of nitriles is 1. The predicted octanol–water partition coefficient (Wildman–Crippen LogP) is 1.50. The zero-order chi connectivity index (χ0) is 11.4. The molecule has 0 saturated carbocycles. The van der Waals surface area contributed by atoms with Gasteiger partial charge in [0.2, 0.25) is 0 Å². The largest absolute Gasteiger partial charge is 0.383 e. The number of methoxy groups -OCH3 is 1. The normalized spacial score (nSPS) is 13.2. The zero-order valence-electron chi connectivity index (χ0n) is 9.42. The predicted molar refractivity (Wildman–Crippen MR) is 61.3 cm³/mol. The highest BCUT2D eigenvalue weighted by Gasteiger charge is 2.15. The van der Waals surface area contributed by atoms with E-state index in [-0.39, 0.29) is 0 Å². The summed E-state index contributed by atoms with van der Waals surface area (Å²) in [4.78, 5) is 4.51. The Kier molecular flexibility index (Phi) is 3.37. The number of anilines is 1. The second-order valence-electron chi connectivity index (χ2n) is 3.88. The van der Waals surface area contributed by atoms with Crippen molar-refractivity contribution in [3.63, 3.8) is 0 Å². The molecule has 84 valence electrons. The Balaban J connectivity index is 2.20. The summed E-state index contributed by atoms with van der Waals surface area (Å²) in [5.74, 6) is 0.695. The van der Waals surface area contributed by atoms with E-state index < -0.39 is 0 Å². The molecule has 1 aliphatic carbocycles. The molecule has 0 spiro atoms. The van der Waals surface area contributed by atoms with Crippen LogP contribution in [-0.4, -0.2) is 25.2 Å². The molecule has 1 aromatic heterocycles. The van der Waals surface area contributed by atoms with Gasteiger partial charge in [0.15, 0.2) is 0 Å². The highest BCUT2D eigenvalue weighted by molar-refractivity contribution is 5.55. The van der Waals surface area contributed by atoms with Crippen molar-refractivity contribution in [2.45, 2.75) is 19.3 Å². The van der Waals surface area contributed by atoms with Gasteiger partial charge in [-0.25, -0.2) is 4.98 Å². The Morgan fingerprint density at radius 2 is 2.44 bits per heavy atom. The second kappa shape index (κ2) is 4.95. The van der Waals surface area contributed by atoms with Crippen LogP contribution in [0.25, 0.3) is 0 Å². The van der Waals surface area contributed by atoms with Crippen molar-refractivity contribution < 1.29 is 4.74 Å². The lowest BCUT2D eigenvalue weighted by Crippen LogP contribution is -2.11. The summed E-state index contributed by atoms with van der Waals surface area (Å²) < 4.78 is 4.96. The average Bonchev–Trinajstić information content (AvgIpc) is 2.75. The van der Waals surface area contributed by atoms with Gasteiger partial charge in [0.25, 0.3) is 0 Å². The number of rotatable bonds is 4. The van der Waals surface area contributed by atoms with Gasteiger partial charge in [0.05, 0.1) is 12.2 Å². The minimum absolute atomic E-state index is 0.615. The minimum Gasteiger partial charge on any atom is -0.383 e. The number of nitrogens with one attached hydrogen (secondary N) is 1. The quantitative estimate of drug-likeness (QED) is 0.776. The van der Waals surface area contributed by atoms with Crippen LogP contribution in [0.2, 0.25) is 0 Å². The van der Waals surface area contributed by atoms with Crippen LogP contribution in [0.3, 0.4) is 0 Å². The van der Waals surface area contributed by atoms with E-state index in [0.29, 0.717) is 24.5 Å². The molecule has 4 nitrogen and oxygen atoms in total. The van der Waals surface area contributed by atoms with E-state index >= 15 is 0 Å². The molecule has 0 bridgehead atoms. The van der Waals surface area contributed by atoms with Crippen molar-refractivity contribution in [1.82, 2.24) is 4.98 Å². The Morgan fingerprint density at radius 1 is 1.56 bits per heavy atom. The van der Waals surface area contributed by atoms with Crippen molar-refractivity contribution in [3.05, 3.63) is 22.9 Å². The first-order chi connectivity index (χ1) is 7.85. The van der Waals surface area contributed by atoms with Gasteiger partial charge in [-0.15, -0.1) is 0 Å². The Bertz CT molecular complexity index is 423. The molecule has 0 atom stereocenters. The third-order valence-electron chi connectivity index (χ3n) is 2.77. The first kappa shape index (κ1) is 10.9. The summed E-state index contributed by atoms with van der Waals surface area (Å²) in [6, 6.07) is 4.15. The molecule has 1 aromatic rings. The monoisotopic (exact) mass is 217 g/mol. The number of pyridine rings is 1. The van der Waals surface area contributed by atoms with Gasteiger partial charge >= 0.3 is 0 Å². The van der Waals surface area contributed by atoms with Crippen molar-refractivity contribution in [2.24, 2.45) is 0 Å². The molecule has 2 rings (SSSR count). The number of aryl methyl sites for hydroxylation is 2. The van der Waals surface area contributed by atoms with Gasteiger partial charge in [-0.2, -0.15) is 5.26 Å². The maximum atomic E-state index is 9.04.